The van der Waals surface area contributed by atoms with Crippen LogP contribution in [0.5, 0.6) is 11.5 Å². The van der Waals surface area contributed by atoms with Gasteiger partial charge >= 0.3 is 5.97 Å². The van der Waals surface area contributed by atoms with Crippen LogP contribution in [0.4, 0.5) is 5.69 Å². The molecular weight excluding hydrogens is 586 g/mol. The number of esters is 1. The molecule has 1 saturated carbocycles. The van der Waals surface area contributed by atoms with Crippen LogP contribution in [0.3, 0.4) is 0 Å². The van der Waals surface area contributed by atoms with Gasteiger partial charge in [-0.15, -0.1) is 0 Å². The largest absolute Gasteiger partial charge is 0.465 e. The first kappa shape index (κ1) is 31.7. The summed E-state index contributed by atoms with van der Waals surface area (Å²) < 4.78 is 11.4. The number of aromatic nitrogens is 2. The summed E-state index contributed by atoms with van der Waals surface area (Å²) in [6.45, 7) is 14.7. The molecule has 3 aliphatic rings. The summed E-state index contributed by atoms with van der Waals surface area (Å²) in [6.07, 6.45) is 8.48. The van der Waals surface area contributed by atoms with Crippen molar-refractivity contribution in [3.8, 4) is 11.5 Å². The minimum Gasteiger partial charge on any atom is -0.465 e. The van der Waals surface area contributed by atoms with E-state index in [0.717, 1.165) is 49.4 Å². The van der Waals surface area contributed by atoms with E-state index >= 15 is 0 Å². The predicted octanol–water partition coefficient (Wildman–Crippen LogP) is 7.78. The summed E-state index contributed by atoms with van der Waals surface area (Å²) in [5.74, 6) is 1.18. The van der Waals surface area contributed by atoms with Gasteiger partial charge in [0.1, 0.15) is 22.7 Å². The number of piperazine rings is 1. The van der Waals surface area contributed by atoms with Crippen molar-refractivity contribution in [2.24, 2.45) is 5.41 Å². The molecule has 7 rings (SSSR count). The molecule has 1 aliphatic carbocycles. The normalized spacial score (nSPS) is 20.7. The fourth-order valence-electron chi connectivity index (χ4n) is 8.34. The zero-order valence-electron chi connectivity index (χ0n) is 28.5. The lowest BCUT2D eigenvalue weighted by atomic mass is 9.59. The van der Waals surface area contributed by atoms with Crippen LogP contribution in [0.1, 0.15) is 86.8 Å². The van der Waals surface area contributed by atoms with Gasteiger partial charge in [0.2, 0.25) is 0 Å². The Hall–Kier alpha value is -3.88. The average Bonchev–Trinajstić information content (AvgIpc) is 3.55. The summed E-state index contributed by atoms with van der Waals surface area (Å²) >= 11 is 0. The quantitative estimate of drug-likeness (QED) is 0.198. The third-order valence-corrected chi connectivity index (χ3v) is 11.1. The molecule has 0 bridgehead atoms. The van der Waals surface area contributed by atoms with Crippen LogP contribution in [0, 0.1) is 5.41 Å². The zero-order valence-corrected chi connectivity index (χ0v) is 28.5. The van der Waals surface area contributed by atoms with Crippen molar-refractivity contribution in [3.63, 3.8) is 0 Å². The van der Waals surface area contributed by atoms with Gasteiger partial charge in [-0.2, -0.15) is 0 Å². The lowest BCUT2D eigenvalue weighted by Crippen LogP contribution is -2.60. The summed E-state index contributed by atoms with van der Waals surface area (Å²) in [7, 11) is 1.40. The summed E-state index contributed by atoms with van der Waals surface area (Å²) in [5, 5.41) is 0.954. The van der Waals surface area contributed by atoms with E-state index in [4.69, 9.17) is 9.47 Å². The van der Waals surface area contributed by atoms with Gasteiger partial charge in [-0.3, -0.25) is 9.80 Å². The van der Waals surface area contributed by atoms with Crippen LogP contribution in [-0.4, -0.2) is 77.7 Å². The highest BCUT2D eigenvalue weighted by Crippen LogP contribution is 2.53. The Kier molecular flexibility index (Phi) is 8.75. The Morgan fingerprint density at radius 3 is 2.51 bits per heavy atom. The predicted molar refractivity (Wildman–Crippen MR) is 188 cm³/mol. The molecule has 4 aromatic rings. The fourth-order valence-corrected chi connectivity index (χ4v) is 8.34. The van der Waals surface area contributed by atoms with Gasteiger partial charge in [-0.05, 0) is 86.3 Å². The van der Waals surface area contributed by atoms with E-state index in [1.165, 1.54) is 43.9 Å². The first-order chi connectivity index (χ1) is 22.7. The van der Waals surface area contributed by atoms with Crippen molar-refractivity contribution >= 4 is 22.7 Å². The number of anilines is 1. The molecular formula is C39H49N5O3. The van der Waals surface area contributed by atoms with Crippen molar-refractivity contribution in [1.82, 2.24) is 19.8 Å². The molecule has 1 atom stereocenters. The molecule has 1 unspecified atom stereocenters. The number of carbonyl (C=O) groups excluding carboxylic acids is 1. The molecule has 2 aliphatic heterocycles. The van der Waals surface area contributed by atoms with Gasteiger partial charge in [-0.1, -0.05) is 38.1 Å². The molecule has 4 heterocycles. The van der Waals surface area contributed by atoms with Crippen LogP contribution in [0.15, 0.2) is 67.0 Å². The molecule has 1 spiro atoms. The van der Waals surface area contributed by atoms with E-state index < -0.39 is 5.97 Å². The highest BCUT2D eigenvalue weighted by Gasteiger charge is 2.50. The SMILES string of the molecule is COC(=O)c1ccc(N2CCC3(CC2)CC(N2CCN(C(C)C)CC2c2ccccc2C(C)C)C3)cc1Oc1cnc2[nH]ccc2c1. The van der Waals surface area contributed by atoms with E-state index in [1.807, 2.05) is 36.5 Å². The molecule has 8 nitrogen and oxygen atoms in total. The van der Waals surface area contributed by atoms with Gasteiger partial charge in [0.15, 0.2) is 0 Å². The number of rotatable bonds is 8. The maximum atomic E-state index is 12.6. The maximum Gasteiger partial charge on any atom is 0.341 e. The standard InChI is InChI=1S/C39H49N5O3/c1-26(2)32-8-6-7-9-33(32)35-25-43(27(3)4)18-19-44(35)30-22-39(23-30)13-16-42(17-14-39)29-10-11-34(38(45)46-5)36(21-29)47-31-20-28-12-15-40-37(28)41-24-31/h6-12,15,20-21,24,26-27,30,35H,13-14,16-19,22-23,25H2,1-5H3,(H,40,41). The molecule has 0 amide bonds. The second-order valence-electron chi connectivity index (χ2n) is 14.5. The number of H-pyrrole nitrogens is 1. The van der Waals surface area contributed by atoms with Gasteiger partial charge in [0, 0.05) is 74.2 Å². The first-order valence-electron chi connectivity index (χ1n) is 17.4. The molecule has 8 heteroatoms. The van der Waals surface area contributed by atoms with E-state index in [-0.39, 0.29) is 0 Å². The Morgan fingerprint density at radius 2 is 1.77 bits per heavy atom. The first-order valence-corrected chi connectivity index (χ1v) is 17.4. The lowest BCUT2D eigenvalue weighted by Gasteiger charge is -2.58. The minimum absolute atomic E-state index is 0.409. The Morgan fingerprint density at radius 1 is 0.979 bits per heavy atom. The number of hydrogen-bond donors (Lipinski definition) is 1. The van der Waals surface area contributed by atoms with Crippen molar-refractivity contribution in [1.29, 1.82) is 0 Å². The van der Waals surface area contributed by atoms with Crippen LogP contribution in [0.2, 0.25) is 0 Å². The molecule has 47 heavy (non-hydrogen) atoms. The molecule has 2 aromatic carbocycles. The van der Waals surface area contributed by atoms with E-state index in [9.17, 15) is 4.79 Å². The smallest absolute Gasteiger partial charge is 0.341 e. The number of carbonyl (C=O) groups is 1. The average molecular weight is 636 g/mol. The van der Waals surface area contributed by atoms with Crippen molar-refractivity contribution in [2.45, 2.75) is 77.4 Å². The second kappa shape index (κ2) is 13.0. The van der Waals surface area contributed by atoms with Crippen molar-refractivity contribution in [2.75, 3.05) is 44.7 Å². The number of pyridine rings is 1. The highest BCUT2D eigenvalue weighted by molar-refractivity contribution is 5.93. The monoisotopic (exact) mass is 635 g/mol. The number of benzene rings is 2. The molecule has 2 saturated heterocycles. The minimum atomic E-state index is -0.413. The fraction of sp³-hybridized carbons (Fsp3) is 0.487. The van der Waals surface area contributed by atoms with Crippen LogP contribution < -0.4 is 9.64 Å². The van der Waals surface area contributed by atoms with Crippen molar-refractivity contribution in [3.05, 3.63) is 83.7 Å². The molecule has 1 N–H and O–H groups in total. The van der Waals surface area contributed by atoms with Gasteiger partial charge in [0.05, 0.1) is 13.3 Å². The Bertz CT molecular complexity index is 1710. The number of ether oxygens (including phenoxy) is 2. The van der Waals surface area contributed by atoms with Crippen molar-refractivity contribution < 1.29 is 14.3 Å². The third kappa shape index (κ3) is 6.25. The molecule has 2 aromatic heterocycles. The van der Waals surface area contributed by atoms with Crippen LogP contribution in [-0.2, 0) is 4.74 Å². The molecule has 0 radical (unpaired) electrons. The highest BCUT2D eigenvalue weighted by atomic mass is 16.5. The number of hydrogen-bond acceptors (Lipinski definition) is 7. The van der Waals surface area contributed by atoms with E-state index in [0.29, 0.717) is 46.5 Å². The number of fused-ring (bicyclic) bond motifs is 1. The topological polar surface area (TPSA) is 73.9 Å². The molecule has 3 fully saturated rings. The summed E-state index contributed by atoms with van der Waals surface area (Å²) in [4.78, 5) is 28.2. The second-order valence-corrected chi connectivity index (χ2v) is 14.5. The van der Waals surface area contributed by atoms with E-state index in [2.05, 4.69) is 76.6 Å². The van der Waals surface area contributed by atoms with Gasteiger partial charge in [-0.25, -0.2) is 9.78 Å². The Balaban J connectivity index is 1.04. The Labute approximate surface area is 279 Å². The third-order valence-electron chi connectivity index (χ3n) is 11.1. The molecule has 248 valence electrons. The van der Waals surface area contributed by atoms with Crippen LogP contribution >= 0.6 is 0 Å². The van der Waals surface area contributed by atoms with Gasteiger partial charge in [0.25, 0.3) is 0 Å². The van der Waals surface area contributed by atoms with E-state index in [1.54, 1.807) is 6.20 Å². The number of aromatic amines is 1. The number of nitrogens with one attached hydrogen (secondary N) is 1. The number of nitrogens with zero attached hydrogens (tertiary/aromatic N) is 4. The maximum absolute atomic E-state index is 12.6. The zero-order chi connectivity index (χ0) is 32.7. The summed E-state index contributed by atoms with van der Waals surface area (Å²) in [5.41, 5.74) is 5.73. The number of piperidine rings is 1. The lowest BCUT2D eigenvalue weighted by molar-refractivity contribution is -0.0656. The van der Waals surface area contributed by atoms with Gasteiger partial charge < -0.3 is 19.4 Å². The summed E-state index contributed by atoms with van der Waals surface area (Å²) in [6, 6.07) is 20.6. The number of methoxy groups -OCH3 is 1. The van der Waals surface area contributed by atoms with Crippen LogP contribution in [0.25, 0.3) is 11.0 Å².